The second kappa shape index (κ2) is 3.58. The lowest BCUT2D eigenvalue weighted by Gasteiger charge is -2.03. The maximum atomic E-state index is 12.2. The minimum atomic E-state index is -0.0620. The van der Waals surface area contributed by atoms with E-state index >= 15 is 0 Å². The zero-order chi connectivity index (χ0) is 13.7. The summed E-state index contributed by atoms with van der Waals surface area (Å²) in [4.78, 5) is 12.2. The Kier molecular flexibility index (Phi) is 2.51. The maximum Gasteiger partial charge on any atom is 0.229 e. The number of carbonyl (C=O) groups excluding carboxylic acids is 1. The van der Waals surface area contributed by atoms with Crippen molar-refractivity contribution >= 4 is 11.7 Å². The molecule has 0 bridgehead atoms. The number of hydrogen-bond acceptors (Lipinski definition) is 3. The molecule has 0 spiro atoms. The first kappa shape index (κ1) is 12.6. The van der Waals surface area contributed by atoms with Gasteiger partial charge in [0, 0.05) is 5.92 Å². The normalized spacial score (nSPS) is 20.2. The van der Waals surface area contributed by atoms with E-state index in [1.807, 2.05) is 6.07 Å². The fraction of sp³-hybridized carbons (Fsp3) is 0.615. The molecular weight excluding hydrogens is 228 g/mol. The third kappa shape index (κ3) is 1.52. The standard InChI is InChI=1S/C13H18N4O/c1-7-8(6-14)10(17-16-7)15-11(18)9-12(2,3)13(9,4)5/h9H,1-5H3,(H2,15,16,17,18). The summed E-state index contributed by atoms with van der Waals surface area (Å²) in [5, 5.41) is 18.4. The Labute approximate surface area is 107 Å². The number of carbonyl (C=O) groups is 1. The Morgan fingerprint density at radius 3 is 2.39 bits per heavy atom. The molecule has 1 aromatic rings. The number of amides is 1. The fourth-order valence-corrected chi connectivity index (χ4v) is 2.70. The molecule has 0 aromatic carbocycles. The van der Waals surface area contributed by atoms with Crippen LogP contribution in [0.15, 0.2) is 0 Å². The van der Waals surface area contributed by atoms with Crippen molar-refractivity contribution in [1.82, 2.24) is 10.2 Å². The van der Waals surface area contributed by atoms with Crippen LogP contribution < -0.4 is 5.32 Å². The van der Waals surface area contributed by atoms with E-state index in [9.17, 15) is 4.79 Å². The molecule has 18 heavy (non-hydrogen) atoms. The Morgan fingerprint density at radius 1 is 1.39 bits per heavy atom. The molecule has 1 fully saturated rings. The predicted octanol–water partition coefficient (Wildman–Crippen LogP) is 2.21. The summed E-state index contributed by atoms with van der Waals surface area (Å²) in [5.41, 5.74) is 1.03. The van der Waals surface area contributed by atoms with Gasteiger partial charge in [-0.3, -0.25) is 9.89 Å². The van der Waals surface area contributed by atoms with Gasteiger partial charge in [0.05, 0.1) is 5.69 Å². The molecule has 0 aliphatic heterocycles. The summed E-state index contributed by atoms with van der Waals surface area (Å²) in [6.45, 7) is 10.1. The van der Waals surface area contributed by atoms with Gasteiger partial charge in [0.25, 0.3) is 0 Å². The Morgan fingerprint density at radius 2 is 1.94 bits per heavy atom. The number of H-pyrrole nitrogens is 1. The van der Waals surface area contributed by atoms with Crippen LogP contribution in [0.5, 0.6) is 0 Å². The zero-order valence-corrected chi connectivity index (χ0v) is 11.4. The van der Waals surface area contributed by atoms with Crippen LogP contribution in [0.1, 0.15) is 39.0 Å². The van der Waals surface area contributed by atoms with Gasteiger partial charge in [0.1, 0.15) is 11.6 Å². The minimum Gasteiger partial charge on any atom is -0.308 e. The van der Waals surface area contributed by atoms with Crippen LogP contribution in [0, 0.1) is 35.0 Å². The molecule has 5 heteroatoms. The third-order valence-electron chi connectivity index (χ3n) is 4.58. The van der Waals surface area contributed by atoms with E-state index in [0.717, 1.165) is 0 Å². The van der Waals surface area contributed by atoms with Crippen LogP contribution in [-0.4, -0.2) is 16.1 Å². The quantitative estimate of drug-likeness (QED) is 0.839. The summed E-state index contributed by atoms with van der Waals surface area (Å²) < 4.78 is 0. The number of aryl methyl sites for hydroxylation is 1. The molecule has 0 saturated heterocycles. The van der Waals surface area contributed by atoms with E-state index in [2.05, 4.69) is 43.2 Å². The zero-order valence-electron chi connectivity index (χ0n) is 11.4. The predicted molar refractivity (Wildman–Crippen MR) is 67.7 cm³/mol. The van der Waals surface area contributed by atoms with Crippen molar-refractivity contribution in [2.24, 2.45) is 16.7 Å². The van der Waals surface area contributed by atoms with Gasteiger partial charge in [-0.25, -0.2) is 0 Å². The smallest absolute Gasteiger partial charge is 0.229 e. The van der Waals surface area contributed by atoms with Crippen molar-refractivity contribution in [2.45, 2.75) is 34.6 Å². The summed E-state index contributed by atoms with van der Waals surface area (Å²) in [6, 6.07) is 2.04. The second-order valence-corrected chi connectivity index (χ2v) is 6.05. The van der Waals surface area contributed by atoms with Gasteiger partial charge in [-0.1, -0.05) is 27.7 Å². The minimum absolute atomic E-state index is 0.0186. The highest BCUT2D eigenvalue weighted by atomic mass is 16.2. The summed E-state index contributed by atoms with van der Waals surface area (Å²) in [5.74, 6) is 0.222. The Hall–Kier alpha value is -1.83. The number of anilines is 1. The van der Waals surface area contributed by atoms with Gasteiger partial charge in [-0.15, -0.1) is 0 Å². The van der Waals surface area contributed by atoms with Gasteiger partial charge in [-0.2, -0.15) is 10.4 Å². The molecule has 0 radical (unpaired) electrons. The lowest BCUT2D eigenvalue weighted by atomic mass is 10.0. The molecule has 1 aromatic heterocycles. The highest BCUT2D eigenvalue weighted by molar-refractivity contribution is 5.96. The lowest BCUT2D eigenvalue weighted by molar-refractivity contribution is -0.118. The van der Waals surface area contributed by atoms with E-state index in [4.69, 9.17) is 5.26 Å². The maximum absolute atomic E-state index is 12.2. The molecule has 1 aliphatic rings. The molecule has 1 saturated carbocycles. The van der Waals surface area contributed by atoms with Gasteiger partial charge < -0.3 is 5.32 Å². The molecule has 1 amide bonds. The lowest BCUT2D eigenvalue weighted by Crippen LogP contribution is -2.18. The average molecular weight is 246 g/mol. The van der Waals surface area contributed by atoms with Crippen molar-refractivity contribution in [3.05, 3.63) is 11.3 Å². The van der Waals surface area contributed by atoms with Gasteiger partial charge in [0.2, 0.25) is 5.91 Å². The van der Waals surface area contributed by atoms with Crippen LogP contribution in [0.25, 0.3) is 0 Å². The van der Waals surface area contributed by atoms with Gasteiger partial charge in [0.15, 0.2) is 5.82 Å². The number of nitriles is 1. The molecule has 2 N–H and O–H groups in total. The van der Waals surface area contributed by atoms with Crippen LogP contribution in [0.3, 0.4) is 0 Å². The van der Waals surface area contributed by atoms with Crippen LogP contribution >= 0.6 is 0 Å². The summed E-state index contributed by atoms with van der Waals surface area (Å²) in [6.07, 6.45) is 0. The van der Waals surface area contributed by atoms with Crippen LogP contribution in [0.4, 0.5) is 5.82 Å². The van der Waals surface area contributed by atoms with Crippen molar-refractivity contribution in [3.8, 4) is 6.07 Å². The van der Waals surface area contributed by atoms with E-state index in [1.165, 1.54) is 0 Å². The summed E-state index contributed by atoms with van der Waals surface area (Å²) >= 11 is 0. The SMILES string of the molecule is Cc1[nH]nc(NC(=O)C2C(C)(C)C2(C)C)c1C#N. The van der Waals surface area contributed by atoms with Gasteiger partial charge in [-0.05, 0) is 17.8 Å². The number of aromatic nitrogens is 2. The van der Waals surface area contributed by atoms with Crippen LogP contribution in [-0.2, 0) is 4.79 Å². The largest absolute Gasteiger partial charge is 0.308 e. The first-order valence-electron chi connectivity index (χ1n) is 5.99. The molecular formula is C13H18N4O. The molecule has 96 valence electrons. The highest BCUT2D eigenvalue weighted by Crippen LogP contribution is 2.68. The number of nitrogens with one attached hydrogen (secondary N) is 2. The molecule has 1 heterocycles. The third-order valence-corrected chi connectivity index (χ3v) is 4.58. The van der Waals surface area contributed by atoms with Crippen LogP contribution in [0.2, 0.25) is 0 Å². The molecule has 2 rings (SSSR count). The Balaban J connectivity index is 2.18. The molecule has 5 nitrogen and oxygen atoms in total. The second-order valence-electron chi connectivity index (χ2n) is 6.05. The van der Waals surface area contributed by atoms with E-state index < -0.39 is 0 Å². The van der Waals surface area contributed by atoms with Crippen molar-refractivity contribution in [1.29, 1.82) is 5.26 Å². The van der Waals surface area contributed by atoms with Crippen molar-refractivity contribution in [3.63, 3.8) is 0 Å². The van der Waals surface area contributed by atoms with Gasteiger partial charge >= 0.3 is 0 Å². The number of rotatable bonds is 2. The first-order valence-corrected chi connectivity index (χ1v) is 5.99. The topological polar surface area (TPSA) is 81.6 Å². The van der Waals surface area contributed by atoms with Crippen molar-refractivity contribution in [2.75, 3.05) is 5.32 Å². The summed E-state index contributed by atoms with van der Waals surface area (Å²) in [7, 11) is 0. The van der Waals surface area contributed by atoms with E-state index in [0.29, 0.717) is 17.1 Å². The molecule has 0 atom stereocenters. The molecule has 0 unspecified atom stereocenters. The number of nitrogens with zero attached hydrogens (tertiary/aromatic N) is 2. The fourth-order valence-electron chi connectivity index (χ4n) is 2.70. The number of aromatic amines is 1. The monoisotopic (exact) mass is 246 g/mol. The molecule has 1 aliphatic carbocycles. The average Bonchev–Trinajstić information content (AvgIpc) is 2.53. The van der Waals surface area contributed by atoms with E-state index in [-0.39, 0.29) is 22.7 Å². The number of hydrogen-bond donors (Lipinski definition) is 2. The van der Waals surface area contributed by atoms with Crippen molar-refractivity contribution < 1.29 is 4.79 Å². The first-order chi connectivity index (χ1) is 8.23. The highest BCUT2D eigenvalue weighted by Gasteiger charge is 2.68. The van der Waals surface area contributed by atoms with E-state index in [1.54, 1.807) is 6.92 Å². The Bertz CT molecular complexity index is 534.